The number of nitrogens with zero attached hydrogens (tertiary/aromatic N) is 3. The number of hydrogen-bond donors (Lipinski definition) is 0. The van der Waals surface area contributed by atoms with Crippen LogP contribution in [-0.4, -0.2) is 14.8 Å². The molecule has 2 aromatic heterocycles. The van der Waals surface area contributed by atoms with Gasteiger partial charge in [0.15, 0.2) is 0 Å². The van der Waals surface area contributed by atoms with E-state index in [2.05, 4.69) is 93.6 Å². The molecule has 0 aliphatic carbocycles. The molecule has 0 N–H and O–H groups in total. The van der Waals surface area contributed by atoms with Crippen molar-refractivity contribution in [2.75, 3.05) is 0 Å². The van der Waals surface area contributed by atoms with Gasteiger partial charge in [-0.25, -0.2) is 0 Å². The van der Waals surface area contributed by atoms with Crippen LogP contribution in [0.4, 0.5) is 0 Å². The molecule has 4 heteroatoms. The molecule has 0 radical (unpaired) electrons. The standard InChI is InChI=1S/C32H21N3O/c1-3-9-22(10-4-1)25-17-20-30-28(21-25)27-13-7-8-14-29(27)35(30)26-18-15-24(16-19-26)32-34-33-31(36-32)23-11-5-2-6-12-23/h1-21H. The molecule has 5 aromatic carbocycles. The molecule has 0 fully saturated rings. The lowest BCUT2D eigenvalue weighted by Gasteiger charge is -2.09. The molecule has 0 amide bonds. The van der Waals surface area contributed by atoms with Crippen LogP contribution in [0.15, 0.2) is 132 Å². The van der Waals surface area contributed by atoms with E-state index < -0.39 is 0 Å². The van der Waals surface area contributed by atoms with Gasteiger partial charge in [0.05, 0.1) is 11.0 Å². The van der Waals surface area contributed by atoms with Gasteiger partial charge in [-0.05, 0) is 65.7 Å². The summed E-state index contributed by atoms with van der Waals surface area (Å²) < 4.78 is 8.26. The number of rotatable bonds is 4. The number of benzene rings is 5. The molecule has 0 bridgehead atoms. The van der Waals surface area contributed by atoms with E-state index in [9.17, 15) is 0 Å². The van der Waals surface area contributed by atoms with Crippen molar-refractivity contribution in [2.24, 2.45) is 0 Å². The van der Waals surface area contributed by atoms with Crippen LogP contribution in [0.25, 0.3) is 61.5 Å². The number of para-hydroxylation sites is 1. The summed E-state index contributed by atoms with van der Waals surface area (Å²) in [6, 6.07) is 43.9. The van der Waals surface area contributed by atoms with Crippen molar-refractivity contribution in [3.05, 3.63) is 127 Å². The number of aromatic nitrogens is 3. The zero-order valence-electron chi connectivity index (χ0n) is 19.4. The van der Waals surface area contributed by atoms with Crippen LogP contribution in [-0.2, 0) is 0 Å². The SMILES string of the molecule is c1ccc(-c2ccc3c(c2)c2ccccc2n3-c2ccc(-c3nnc(-c4ccccc4)o3)cc2)cc1. The largest absolute Gasteiger partial charge is 0.416 e. The third-order valence-corrected chi connectivity index (χ3v) is 6.60. The topological polar surface area (TPSA) is 43.9 Å². The van der Waals surface area contributed by atoms with Crippen LogP contribution in [0, 0.1) is 0 Å². The van der Waals surface area contributed by atoms with E-state index in [0.29, 0.717) is 11.8 Å². The summed E-state index contributed by atoms with van der Waals surface area (Å²) in [5.41, 5.74) is 7.66. The van der Waals surface area contributed by atoms with Gasteiger partial charge in [-0.1, -0.05) is 72.8 Å². The first kappa shape index (κ1) is 20.4. The number of fused-ring (bicyclic) bond motifs is 3. The molecule has 36 heavy (non-hydrogen) atoms. The Morgan fingerprint density at radius 1 is 0.444 bits per heavy atom. The average Bonchev–Trinajstić information content (AvgIpc) is 3.58. The van der Waals surface area contributed by atoms with E-state index >= 15 is 0 Å². The molecule has 0 spiro atoms. The molecule has 0 aliphatic rings. The van der Waals surface area contributed by atoms with Crippen molar-refractivity contribution < 1.29 is 4.42 Å². The smallest absolute Gasteiger partial charge is 0.248 e. The lowest BCUT2D eigenvalue weighted by Crippen LogP contribution is -1.93. The summed E-state index contributed by atoms with van der Waals surface area (Å²) in [5, 5.41) is 11.0. The second kappa shape index (κ2) is 8.36. The minimum atomic E-state index is 0.509. The van der Waals surface area contributed by atoms with Crippen molar-refractivity contribution in [3.8, 4) is 39.7 Å². The molecule has 0 atom stereocenters. The first-order valence-corrected chi connectivity index (χ1v) is 11.9. The third-order valence-electron chi connectivity index (χ3n) is 6.60. The molecular formula is C32H21N3O. The summed E-state index contributed by atoms with van der Waals surface area (Å²) in [7, 11) is 0. The molecular weight excluding hydrogens is 442 g/mol. The van der Waals surface area contributed by atoms with Crippen LogP contribution >= 0.6 is 0 Å². The Kier molecular flexibility index (Phi) is 4.74. The fourth-order valence-electron chi connectivity index (χ4n) is 4.85. The van der Waals surface area contributed by atoms with E-state index in [4.69, 9.17) is 4.42 Å². The molecule has 0 unspecified atom stereocenters. The van der Waals surface area contributed by atoms with Crippen LogP contribution in [0.3, 0.4) is 0 Å². The van der Waals surface area contributed by atoms with E-state index in [-0.39, 0.29) is 0 Å². The van der Waals surface area contributed by atoms with Crippen molar-refractivity contribution in [2.45, 2.75) is 0 Å². The maximum Gasteiger partial charge on any atom is 0.248 e. The van der Waals surface area contributed by atoms with E-state index in [1.807, 2.05) is 48.5 Å². The Morgan fingerprint density at radius 2 is 1.00 bits per heavy atom. The van der Waals surface area contributed by atoms with Gasteiger partial charge in [-0.2, -0.15) is 0 Å². The molecule has 7 aromatic rings. The van der Waals surface area contributed by atoms with Crippen LogP contribution < -0.4 is 0 Å². The number of hydrogen-bond acceptors (Lipinski definition) is 3. The van der Waals surface area contributed by atoms with Gasteiger partial charge in [0.1, 0.15) is 0 Å². The van der Waals surface area contributed by atoms with Crippen molar-refractivity contribution in [1.29, 1.82) is 0 Å². The van der Waals surface area contributed by atoms with E-state index in [1.54, 1.807) is 0 Å². The highest BCUT2D eigenvalue weighted by Crippen LogP contribution is 2.35. The van der Waals surface area contributed by atoms with Gasteiger partial charge in [0.2, 0.25) is 11.8 Å². The zero-order valence-corrected chi connectivity index (χ0v) is 19.4. The lowest BCUT2D eigenvalue weighted by molar-refractivity contribution is 0.584. The van der Waals surface area contributed by atoms with Crippen LogP contribution in [0.2, 0.25) is 0 Å². The monoisotopic (exact) mass is 463 g/mol. The van der Waals surface area contributed by atoms with Gasteiger partial charge < -0.3 is 8.98 Å². The predicted octanol–water partition coefficient (Wildman–Crippen LogP) is 8.17. The van der Waals surface area contributed by atoms with Crippen molar-refractivity contribution in [3.63, 3.8) is 0 Å². The summed E-state index contributed by atoms with van der Waals surface area (Å²) in [4.78, 5) is 0. The molecule has 4 nitrogen and oxygen atoms in total. The van der Waals surface area contributed by atoms with Gasteiger partial charge in [0.25, 0.3) is 0 Å². The fourth-order valence-corrected chi connectivity index (χ4v) is 4.85. The Hall–Kier alpha value is -4.96. The van der Waals surface area contributed by atoms with Gasteiger partial charge in [0, 0.05) is 27.6 Å². The molecule has 0 saturated carbocycles. The molecule has 2 heterocycles. The zero-order chi connectivity index (χ0) is 23.9. The summed E-state index contributed by atoms with van der Waals surface area (Å²) in [6.07, 6.45) is 0. The maximum atomic E-state index is 5.95. The minimum absolute atomic E-state index is 0.509. The normalized spacial score (nSPS) is 11.3. The molecule has 0 aliphatic heterocycles. The highest BCUT2D eigenvalue weighted by atomic mass is 16.4. The summed E-state index contributed by atoms with van der Waals surface area (Å²) in [6.45, 7) is 0. The average molecular weight is 464 g/mol. The fraction of sp³-hybridized carbons (Fsp3) is 0. The lowest BCUT2D eigenvalue weighted by atomic mass is 10.0. The van der Waals surface area contributed by atoms with Crippen LogP contribution in [0.1, 0.15) is 0 Å². The first-order valence-electron chi connectivity index (χ1n) is 11.9. The highest BCUT2D eigenvalue weighted by Gasteiger charge is 2.14. The maximum absolute atomic E-state index is 5.95. The third kappa shape index (κ3) is 3.39. The van der Waals surface area contributed by atoms with Gasteiger partial charge in [-0.15, -0.1) is 10.2 Å². The highest BCUT2D eigenvalue weighted by molar-refractivity contribution is 6.10. The van der Waals surface area contributed by atoms with Crippen molar-refractivity contribution >= 4 is 21.8 Å². The summed E-state index contributed by atoms with van der Waals surface area (Å²) >= 11 is 0. The Balaban J connectivity index is 1.31. The van der Waals surface area contributed by atoms with E-state index in [0.717, 1.165) is 16.8 Å². The Morgan fingerprint density at radius 3 is 1.72 bits per heavy atom. The van der Waals surface area contributed by atoms with Crippen molar-refractivity contribution in [1.82, 2.24) is 14.8 Å². The molecule has 170 valence electrons. The quantitative estimate of drug-likeness (QED) is 0.264. The summed E-state index contributed by atoms with van der Waals surface area (Å²) in [5.74, 6) is 1.03. The van der Waals surface area contributed by atoms with E-state index in [1.165, 1.54) is 32.9 Å². The second-order valence-corrected chi connectivity index (χ2v) is 8.78. The first-order chi connectivity index (χ1) is 17.8. The Bertz CT molecular complexity index is 1820. The van der Waals surface area contributed by atoms with Gasteiger partial charge >= 0.3 is 0 Å². The van der Waals surface area contributed by atoms with Crippen LogP contribution in [0.5, 0.6) is 0 Å². The molecule has 0 saturated heterocycles. The molecule has 7 rings (SSSR count). The second-order valence-electron chi connectivity index (χ2n) is 8.78. The predicted molar refractivity (Wildman–Crippen MR) is 145 cm³/mol. The van der Waals surface area contributed by atoms with Gasteiger partial charge in [-0.3, -0.25) is 0 Å². The minimum Gasteiger partial charge on any atom is -0.416 e. The Labute approximate surface area is 208 Å².